The molecule has 136 valence electrons. The highest BCUT2D eigenvalue weighted by Gasteiger charge is 2.26. The van der Waals surface area contributed by atoms with Crippen molar-refractivity contribution in [1.29, 1.82) is 0 Å². The molecule has 0 unspecified atom stereocenters. The van der Waals surface area contributed by atoms with Gasteiger partial charge in [0.05, 0.1) is 13.0 Å². The van der Waals surface area contributed by atoms with Crippen molar-refractivity contribution in [2.45, 2.75) is 25.9 Å². The van der Waals surface area contributed by atoms with Gasteiger partial charge in [0.25, 0.3) is 5.89 Å². The van der Waals surface area contributed by atoms with Crippen LogP contribution in [0.3, 0.4) is 0 Å². The summed E-state index contributed by atoms with van der Waals surface area (Å²) in [5.74, 6) is 1.11. The molecule has 2 aromatic rings. The minimum absolute atomic E-state index is 0.320. The number of guanidine groups is 1. The van der Waals surface area contributed by atoms with Crippen molar-refractivity contribution in [3.63, 3.8) is 0 Å². The number of aromatic nitrogens is 3. The summed E-state index contributed by atoms with van der Waals surface area (Å²) in [6.07, 6.45) is -3.12. The van der Waals surface area contributed by atoms with E-state index in [2.05, 4.69) is 30.8 Å². The highest BCUT2D eigenvalue weighted by Crippen LogP contribution is 2.18. The van der Waals surface area contributed by atoms with Crippen molar-refractivity contribution >= 4 is 5.96 Å². The van der Waals surface area contributed by atoms with E-state index in [1.165, 1.54) is 0 Å². The van der Waals surface area contributed by atoms with Crippen molar-refractivity contribution in [2.24, 2.45) is 4.99 Å². The lowest BCUT2D eigenvalue weighted by molar-refractivity contribution is -0.132. The van der Waals surface area contributed by atoms with Crippen LogP contribution in [0.2, 0.25) is 0 Å². The van der Waals surface area contributed by atoms with E-state index in [-0.39, 0.29) is 6.54 Å². The molecular formula is C15H19F3N6O. The highest BCUT2D eigenvalue weighted by atomic mass is 19.4. The maximum atomic E-state index is 12.2. The van der Waals surface area contributed by atoms with Gasteiger partial charge in [0.15, 0.2) is 11.8 Å². The average Bonchev–Trinajstić information content (AvgIpc) is 3.03. The van der Waals surface area contributed by atoms with Gasteiger partial charge < -0.3 is 15.2 Å². The third-order valence-electron chi connectivity index (χ3n) is 3.00. The van der Waals surface area contributed by atoms with E-state index in [0.29, 0.717) is 42.9 Å². The molecule has 0 fully saturated rings. The number of nitrogens with one attached hydrogen (secondary N) is 2. The molecule has 0 saturated carbocycles. The number of rotatable bonds is 7. The second-order valence-corrected chi connectivity index (χ2v) is 5.03. The Morgan fingerprint density at radius 2 is 2.12 bits per heavy atom. The summed E-state index contributed by atoms with van der Waals surface area (Å²) in [7, 11) is 0. The molecule has 2 rings (SSSR count). The fourth-order valence-electron chi connectivity index (χ4n) is 1.88. The largest absolute Gasteiger partial charge is 0.390 e. The van der Waals surface area contributed by atoms with E-state index in [4.69, 9.17) is 4.52 Å². The predicted molar refractivity (Wildman–Crippen MR) is 85.9 cm³/mol. The number of aliphatic imine (C=N–C) groups is 1. The second-order valence-electron chi connectivity index (χ2n) is 5.03. The standard InChI is InChI=1S/C15H19F3N6O/c1-2-19-14(22-10-7-15(16,17)18)21-9-6-12-23-13(25-24-12)11-5-3-4-8-20-11/h3-5,8H,2,6-7,9-10H2,1H3,(H2,19,21,22). The van der Waals surface area contributed by atoms with Crippen molar-refractivity contribution in [2.75, 3.05) is 19.6 Å². The molecule has 0 spiro atoms. The first kappa shape index (κ1) is 18.7. The average molecular weight is 356 g/mol. The molecule has 7 nitrogen and oxygen atoms in total. The van der Waals surface area contributed by atoms with Crippen molar-refractivity contribution < 1.29 is 17.7 Å². The summed E-state index contributed by atoms with van der Waals surface area (Å²) in [6.45, 7) is 2.45. The zero-order valence-corrected chi connectivity index (χ0v) is 13.7. The maximum absolute atomic E-state index is 12.2. The van der Waals surface area contributed by atoms with Crippen LogP contribution < -0.4 is 10.6 Å². The van der Waals surface area contributed by atoms with E-state index in [1.807, 2.05) is 13.0 Å². The number of halogens is 3. The number of hydrogen-bond acceptors (Lipinski definition) is 5. The molecule has 2 heterocycles. The van der Waals surface area contributed by atoms with Crippen LogP contribution in [0, 0.1) is 0 Å². The molecule has 10 heteroatoms. The molecule has 0 aliphatic carbocycles. The van der Waals surface area contributed by atoms with Crippen LogP contribution in [0.15, 0.2) is 33.9 Å². The normalized spacial score (nSPS) is 12.2. The number of pyridine rings is 1. The predicted octanol–water partition coefficient (Wildman–Crippen LogP) is 2.18. The van der Waals surface area contributed by atoms with E-state index in [0.717, 1.165) is 0 Å². The smallest absolute Gasteiger partial charge is 0.357 e. The monoisotopic (exact) mass is 356 g/mol. The number of nitrogens with zero attached hydrogens (tertiary/aromatic N) is 4. The Bertz CT molecular complexity index is 671. The lowest BCUT2D eigenvalue weighted by atomic mass is 10.3. The Hall–Kier alpha value is -2.65. The highest BCUT2D eigenvalue weighted by molar-refractivity contribution is 5.79. The van der Waals surface area contributed by atoms with E-state index >= 15 is 0 Å². The van der Waals surface area contributed by atoms with Gasteiger partial charge in [-0.15, -0.1) is 0 Å². The summed E-state index contributed by atoms with van der Waals surface area (Å²) in [5, 5.41) is 9.68. The molecule has 0 radical (unpaired) electrons. The van der Waals surface area contributed by atoms with E-state index in [1.54, 1.807) is 18.3 Å². The first-order valence-corrected chi connectivity index (χ1v) is 7.81. The van der Waals surface area contributed by atoms with Gasteiger partial charge in [-0.1, -0.05) is 11.2 Å². The zero-order valence-electron chi connectivity index (χ0n) is 13.7. The minimum Gasteiger partial charge on any atom is -0.357 e. The molecule has 0 amide bonds. The Kier molecular flexibility index (Phi) is 6.72. The third kappa shape index (κ3) is 6.77. The van der Waals surface area contributed by atoms with Crippen molar-refractivity contribution in [3.05, 3.63) is 30.2 Å². The molecule has 0 saturated heterocycles. The van der Waals surface area contributed by atoms with E-state index in [9.17, 15) is 13.2 Å². The molecule has 0 aliphatic rings. The van der Waals surface area contributed by atoms with Gasteiger partial charge in [-0.05, 0) is 19.1 Å². The fraction of sp³-hybridized carbons (Fsp3) is 0.467. The van der Waals surface area contributed by atoms with Gasteiger partial charge in [0, 0.05) is 25.7 Å². The Balaban J connectivity index is 1.83. The van der Waals surface area contributed by atoms with Crippen LogP contribution in [0.5, 0.6) is 0 Å². The molecule has 0 aliphatic heterocycles. The summed E-state index contributed by atoms with van der Waals surface area (Å²) < 4.78 is 41.6. The van der Waals surface area contributed by atoms with Crippen LogP contribution in [-0.2, 0) is 6.42 Å². The minimum atomic E-state index is -4.21. The molecular weight excluding hydrogens is 337 g/mol. The Labute approximate surface area is 142 Å². The number of alkyl halides is 3. The molecule has 25 heavy (non-hydrogen) atoms. The van der Waals surface area contributed by atoms with Crippen LogP contribution in [0.1, 0.15) is 19.2 Å². The quantitative estimate of drug-likeness (QED) is 0.584. The lowest BCUT2D eigenvalue weighted by Crippen LogP contribution is -2.38. The van der Waals surface area contributed by atoms with Gasteiger partial charge >= 0.3 is 6.18 Å². The molecule has 2 aromatic heterocycles. The lowest BCUT2D eigenvalue weighted by Gasteiger charge is -2.10. The summed E-state index contributed by atoms with van der Waals surface area (Å²) in [6, 6.07) is 5.35. The van der Waals surface area contributed by atoms with E-state index < -0.39 is 12.6 Å². The summed E-state index contributed by atoms with van der Waals surface area (Å²) in [5.41, 5.74) is 0.580. The van der Waals surface area contributed by atoms with Gasteiger partial charge in [-0.2, -0.15) is 18.2 Å². The third-order valence-corrected chi connectivity index (χ3v) is 3.00. The van der Waals surface area contributed by atoms with Crippen molar-refractivity contribution in [3.8, 4) is 11.6 Å². The fourth-order valence-corrected chi connectivity index (χ4v) is 1.88. The SMILES string of the molecule is CCNC(=NCCC(F)(F)F)NCCc1noc(-c2ccccn2)n1. The van der Waals surface area contributed by atoms with Crippen LogP contribution in [0.4, 0.5) is 13.2 Å². The van der Waals surface area contributed by atoms with Crippen molar-refractivity contribution in [1.82, 2.24) is 25.8 Å². The zero-order chi connectivity index (χ0) is 18.1. The van der Waals surface area contributed by atoms with Crippen LogP contribution >= 0.6 is 0 Å². The van der Waals surface area contributed by atoms with Gasteiger partial charge in [0.2, 0.25) is 0 Å². The molecule has 0 atom stereocenters. The maximum Gasteiger partial charge on any atom is 0.390 e. The Morgan fingerprint density at radius 3 is 2.80 bits per heavy atom. The molecule has 2 N–H and O–H groups in total. The number of hydrogen-bond donors (Lipinski definition) is 2. The van der Waals surface area contributed by atoms with Crippen LogP contribution in [-0.4, -0.2) is 46.9 Å². The summed E-state index contributed by atoms with van der Waals surface area (Å²) >= 11 is 0. The van der Waals surface area contributed by atoms with Gasteiger partial charge in [-0.25, -0.2) is 0 Å². The van der Waals surface area contributed by atoms with Gasteiger partial charge in [-0.3, -0.25) is 9.98 Å². The molecule has 0 aromatic carbocycles. The first-order chi connectivity index (χ1) is 12.0. The van der Waals surface area contributed by atoms with Crippen LogP contribution in [0.25, 0.3) is 11.6 Å². The summed E-state index contributed by atoms with van der Waals surface area (Å²) in [4.78, 5) is 12.2. The van der Waals surface area contributed by atoms with Gasteiger partial charge in [0.1, 0.15) is 5.69 Å². The second kappa shape index (κ2) is 9.00. The topological polar surface area (TPSA) is 88.2 Å². The Morgan fingerprint density at radius 1 is 1.28 bits per heavy atom. The first-order valence-electron chi connectivity index (χ1n) is 7.81. The molecule has 0 bridgehead atoms.